The normalized spacial score (nSPS) is 25.3. The highest BCUT2D eigenvalue weighted by Crippen LogP contribution is 2.47. The van der Waals surface area contributed by atoms with Crippen molar-refractivity contribution in [2.24, 2.45) is 17.8 Å². The summed E-state index contributed by atoms with van der Waals surface area (Å²) < 4.78 is 0. The molecule has 5 nitrogen and oxygen atoms in total. The minimum Gasteiger partial charge on any atom is -0.392 e. The second kappa shape index (κ2) is 12.1. The summed E-state index contributed by atoms with van der Waals surface area (Å²) in [5.41, 5.74) is 3.70. The Morgan fingerprint density at radius 3 is 2.65 bits per heavy atom. The summed E-state index contributed by atoms with van der Waals surface area (Å²) >= 11 is 0. The van der Waals surface area contributed by atoms with E-state index in [9.17, 15) is 15.0 Å². The second-order valence-electron chi connectivity index (χ2n) is 10.8. The number of carbonyl (C=O) groups excluding carboxylic acids is 1. The fourth-order valence-corrected chi connectivity index (χ4v) is 5.89. The molecule has 1 fully saturated rings. The van der Waals surface area contributed by atoms with Gasteiger partial charge in [0.25, 0.3) is 0 Å². The first-order valence-corrected chi connectivity index (χ1v) is 13.0. The fraction of sp³-hybridized carbons (Fsp3) is 0.621. The summed E-state index contributed by atoms with van der Waals surface area (Å²) in [5.74, 6) is 1.08. The Labute approximate surface area is 205 Å². The molecular weight excluding hydrogens is 424 g/mol. The highest BCUT2D eigenvalue weighted by molar-refractivity contribution is 5.77. The van der Waals surface area contributed by atoms with Gasteiger partial charge in [-0.25, -0.2) is 0 Å². The van der Waals surface area contributed by atoms with E-state index in [-0.39, 0.29) is 30.0 Å². The van der Waals surface area contributed by atoms with Crippen LogP contribution in [0.25, 0.3) is 0 Å². The third-order valence-electron chi connectivity index (χ3n) is 7.30. The van der Waals surface area contributed by atoms with Crippen LogP contribution in [0.4, 0.5) is 0 Å². The molecule has 0 spiro atoms. The van der Waals surface area contributed by atoms with E-state index in [1.807, 2.05) is 29.2 Å². The monoisotopic (exact) mass is 468 g/mol. The molecule has 1 aromatic carbocycles. The van der Waals surface area contributed by atoms with Gasteiger partial charge in [0.15, 0.2) is 0 Å². The Kier molecular flexibility index (Phi) is 9.52. The van der Waals surface area contributed by atoms with Crippen LogP contribution in [0.1, 0.15) is 58.1 Å². The molecule has 3 rings (SSSR count). The number of hydrogen-bond donors (Lipinski definition) is 3. The average Bonchev–Trinajstić information content (AvgIpc) is 3.25. The molecule has 1 amide bonds. The number of carbonyl (C=O) groups is 1. The SMILES string of the molecule is Cc1cccc(C[C@@H](O)/C=C/[C@@H]2[C@H]3CC(CNCCC(=O)N(C(C)C)C(C)C)=C[C@H]3C[C@H]2O)c1. The van der Waals surface area contributed by atoms with Crippen LogP contribution < -0.4 is 5.32 Å². The van der Waals surface area contributed by atoms with Gasteiger partial charge in [-0.3, -0.25) is 4.79 Å². The molecule has 0 bridgehead atoms. The van der Waals surface area contributed by atoms with Crippen LogP contribution in [-0.2, 0) is 11.2 Å². The van der Waals surface area contributed by atoms with E-state index in [0.717, 1.165) is 24.9 Å². The van der Waals surface area contributed by atoms with Gasteiger partial charge in [0.05, 0.1) is 12.2 Å². The Morgan fingerprint density at radius 1 is 1.24 bits per heavy atom. The van der Waals surface area contributed by atoms with Gasteiger partial charge in [-0.2, -0.15) is 0 Å². The third-order valence-corrected chi connectivity index (χ3v) is 7.30. The van der Waals surface area contributed by atoms with E-state index in [0.29, 0.717) is 31.2 Å². The number of aryl methyl sites for hydroxylation is 1. The average molecular weight is 469 g/mol. The van der Waals surface area contributed by atoms with Crippen LogP contribution in [0, 0.1) is 24.7 Å². The van der Waals surface area contributed by atoms with E-state index < -0.39 is 6.10 Å². The Hall–Kier alpha value is -1.95. The standard InChI is InChI=1S/C29H44N2O3/c1-19(2)31(20(3)4)29(34)11-12-30-18-23-14-24-17-28(33)26(27(24)16-23)10-9-25(32)15-22-8-6-7-21(5)13-22/h6-10,13-14,19-20,24-28,30,32-33H,11-12,15-18H2,1-5H3/b10-9+/t24-,25-,26+,27-,28+/m0/s1. The molecular formula is C29H44N2O3. The molecule has 5 atom stereocenters. The lowest BCUT2D eigenvalue weighted by atomic mass is 9.89. The van der Waals surface area contributed by atoms with Gasteiger partial charge in [-0.1, -0.05) is 53.6 Å². The van der Waals surface area contributed by atoms with E-state index >= 15 is 0 Å². The van der Waals surface area contributed by atoms with Gasteiger partial charge in [-0.15, -0.1) is 0 Å². The minimum atomic E-state index is -0.544. The zero-order chi connectivity index (χ0) is 24.8. The zero-order valence-electron chi connectivity index (χ0n) is 21.6. The van der Waals surface area contributed by atoms with Crippen molar-refractivity contribution in [1.29, 1.82) is 0 Å². The second-order valence-corrected chi connectivity index (χ2v) is 10.8. The number of aliphatic hydroxyl groups excluding tert-OH is 2. The van der Waals surface area contributed by atoms with E-state index in [1.54, 1.807) is 0 Å². The number of aliphatic hydroxyl groups is 2. The number of fused-ring (bicyclic) bond motifs is 1. The maximum Gasteiger partial charge on any atom is 0.224 e. The molecule has 2 aliphatic rings. The summed E-state index contributed by atoms with van der Waals surface area (Å²) in [6, 6.07) is 8.67. The Balaban J connectivity index is 1.45. The quantitative estimate of drug-likeness (QED) is 0.339. The van der Waals surface area contributed by atoms with Gasteiger partial charge >= 0.3 is 0 Å². The molecule has 1 aromatic rings. The van der Waals surface area contributed by atoms with Crippen LogP contribution in [-0.4, -0.2) is 58.4 Å². The molecule has 0 unspecified atom stereocenters. The number of nitrogens with one attached hydrogen (secondary N) is 1. The molecule has 0 aromatic heterocycles. The number of hydrogen-bond acceptors (Lipinski definition) is 4. The number of allylic oxidation sites excluding steroid dienone is 1. The van der Waals surface area contributed by atoms with Gasteiger partial charge in [0.1, 0.15) is 0 Å². The van der Waals surface area contributed by atoms with E-state index in [4.69, 9.17) is 0 Å². The van der Waals surface area contributed by atoms with E-state index in [2.05, 4.69) is 58.1 Å². The summed E-state index contributed by atoms with van der Waals surface area (Å²) in [4.78, 5) is 14.5. The summed E-state index contributed by atoms with van der Waals surface area (Å²) in [6.07, 6.45) is 8.21. The van der Waals surface area contributed by atoms with Crippen LogP contribution in [0.2, 0.25) is 0 Å². The van der Waals surface area contributed by atoms with Crippen molar-refractivity contribution in [2.75, 3.05) is 13.1 Å². The van der Waals surface area contributed by atoms with Gasteiger partial charge in [0, 0.05) is 43.9 Å². The van der Waals surface area contributed by atoms with Crippen molar-refractivity contribution < 1.29 is 15.0 Å². The summed E-state index contributed by atoms with van der Waals surface area (Å²) in [6.45, 7) is 11.8. The van der Waals surface area contributed by atoms with Crippen molar-refractivity contribution in [3.8, 4) is 0 Å². The molecule has 188 valence electrons. The Bertz CT molecular complexity index is 868. The first-order chi connectivity index (χ1) is 16.2. The zero-order valence-corrected chi connectivity index (χ0v) is 21.6. The molecule has 0 saturated heterocycles. The van der Waals surface area contributed by atoms with Crippen molar-refractivity contribution in [2.45, 2.75) is 84.6 Å². The molecule has 2 aliphatic carbocycles. The summed E-state index contributed by atoms with van der Waals surface area (Å²) in [5, 5.41) is 24.6. The van der Waals surface area contributed by atoms with E-state index in [1.165, 1.54) is 11.1 Å². The predicted molar refractivity (Wildman–Crippen MR) is 138 cm³/mol. The molecule has 3 N–H and O–H groups in total. The number of rotatable bonds is 11. The fourth-order valence-electron chi connectivity index (χ4n) is 5.89. The van der Waals surface area contributed by atoms with Crippen molar-refractivity contribution in [1.82, 2.24) is 10.2 Å². The molecule has 0 heterocycles. The van der Waals surface area contributed by atoms with Crippen LogP contribution >= 0.6 is 0 Å². The molecule has 5 heteroatoms. The first kappa shape index (κ1) is 26.7. The number of benzene rings is 1. The van der Waals surface area contributed by atoms with Gasteiger partial charge in [0.2, 0.25) is 5.91 Å². The summed E-state index contributed by atoms with van der Waals surface area (Å²) in [7, 11) is 0. The predicted octanol–water partition coefficient (Wildman–Crippen LogP) is 4.02. The largest absolute Gasteiger partial charge is 0.392 e. The lowest BCUT2D eigenvalue weighted by Crippen LogP contribution is -2.43. The molecule has 34 heavy (non-hydrogen) atoms. The van der Waals surface area contributed by atoms with Crippen molar-refractivity contribution >= 4 is 5.91 Å². The number of amides is 1. The Morgan fingerprint density at radius 2 is 1.97 bits per heavy atom. The van der Waals surface area contributed by atoms with Crippen LogP contribution in [0.3, 0.4) is 0 Å². The van der Waals surface area contributed by atoms with Crippen LogP contribution in [0.5, 0.6) is 0 Å². The highest BCUT2D eigenvalue weighted by Gasteiger charge is 2.43. The van der Waals surface area contributed by atoms with Crippen molar-refractivity contribution in [3.05, 3.63) is 59.2 Å². The first-order valence-electron chi connectivity index (χ1n) is 13.0. The smallest absolute Gasteiger partial charge is 0.224 e. The lowest BCUT2D eigenvalue weighted by molar-refractivity contribution is -0.134. The highest BCUT2D eigenvalue weighted by atomic mass is 16.3. The number of nitrogens with zero attached hydrogens (tertiary/aromatic N) is 1. The molecule has 1 saturated carbocycles. The lowest BCUT2D eigenvalue weighted by Gasteiger charge is -2.31. The topological polar surface area (TPSA) is 72.8 Å². The van der Waals surface area contributed by atoms with Gasteiger partial charge < -0.3 is 20.4 Å². The molecule has 0 aliphatic heterocycles. The maximum atomic E-state index is 12.5. The van der Waals surface area contributed by atoms with Crippen molar-refractivity contribution in [3.63, 3.8) is 0 Å². The van der Waals surface area contributed by atoms with Gasteiger partial charge in [-0.05, 0) is 64.9 Å². The minimum absolute atomic E-state index is 0.0816. The van der Waals surface area contributed by atoms with Crippen LogP contribution in [0.15, 0.2) is 48.1 Å². The molecule has 0 radical (unpaired) electrons. The third kappa shape index (κ3) is 7.03. The maximum absolute atomic E-state index is 12.5.